The Labute approximate surface area is 154 Å². The number of hydrogen-bond acceptors (Lipinski definition) is 4. The highest BCUT2D eigenvalue weighted by atomic mass is 35.5. The lowest BCUT2D eigenvalue weighted by Gasteiger charge is -2.07. The second-order valence-electron chi connectivity index (χ2n) is 5.38. The number of urea groups is 1. The van der Waals surface area contributed by atoms with E-state index >= 15 is 0 Å². The van der Waals surface area contributed by atoms with Crippen molar-refractivity contribution in [3.8, 4) is 0 Å². The van der Waals surface area contributed by atoms with Gasteiger partial charge >= 0.3 is 6.03 Å². The van der Waals surface area contributed by atoms with E-state index in [9.17, 15) is 9.90 Å². The van der Waals surface area contributed by atoms with Crippen LogP contribution < -0.4 is 10.6 Å². The van der Waals surface area contributed by atoms with Crippen LogP contribution in [-0.4, -0.2) is 11.1 Å². The number of rotatable bonds is 6. The lowest BCUT2D eigenvalue weighted by atomic mass is 10.2. The molecule has 0 aliphatic carbocycles. The summed E-state index contributed by atoms with van der Waals surface area (Å²) in [6, 6.07) is 14.2. The van der Waals surface area contributed by atoms with E-state index in [0.29, 0.717) is 23.9 Å². The van der Waals surface area contributed by atoms with Gasteiger partial charge in [-0.05, 0) is 42.0 Å². The van der Waals surface area contributed by atoms with Crippen molar-refractivity contribution in [3.63, 3.8) is 0 Å². The molecule has 25 heavy (non-hydrogen) atoms. The standard InChI is InChI=1S/C18H17ClN2O3S/c19-13-5-3-12(4-6-13)10-20-18(23)21-11-14-7-8-16(25-14)17(22)15-2-1-9-24-15/h1-9,17,22H,10-11H2,(H2,20,21,23). The molecule has 2 aromatic heterocycles. The highest BCUT2D eigenvalue weighted by Crippen LogP contribution is 2.28. The monoisotopic (exact) mass is 376 g/mol. The van der Waals surface area contributed by atoms with Crippen LogP contribution in [0, 0.1) is 0 Å². The van der Waals surface area contributed by atoms with Gasteiger partial charge in [0.2, 0.25) is 0 Å². The number of nitrogens with one attached hydrogen (secondary N) is 2. The quantitative estimate of drug-likeness (QED) is 0.607. The van der Waals surface area contributed by atoms with Crippen LogP contribution >= 0.6 is 22.9 Å². The fourth-order valence-corrected chi connectivity index (χ4v) is 3.31. The van der Waals surface area contributed by atoms with Crippen molar-refractivity contribution in [2.75, 3.05) is 0 Å². The predicted molar refractivity (Wildman–Crippen MR) is 97.6 cm³/mol. The second kappa shape index (κ2) is 8.20. The smallest absolute Gasteiger partial charge is 0.315 e. The lowest BCUT2D eigenvalue weighted by Crippen LogP contribution is -2.34. The number of carbonyl (C=O) groups excluding carboxylic acids is 1. The van der Waals surface area contributed by atoms with Gasteiger partial charge in [-0.25, -0.2) is 4.79 Å². The van der Waals surface area contributed by atoms with E-state index in [0.717, 1.165) is 15.3 Å². The van der Waals surface area contributed by atoms with Crippen LogP contribution in [0.1, 0.15) is 27.2 Å². The number of furan rings is 1. The molecule has 0 spiro atoms. The Morgan fingerprint density at radius 2 is 1.88 bits per heavy atom. The largest absolute Gasteiger partial charge is 0.466 e. The molecule has 3 aromatic rings. The third-order valence-corrected chi connectivity index (χ3v) is 4.94. The fraction of sp³-hybridized carbons (Fsp3) is 0.167. The van der Waals surface area contributed by atoms with Crippen LogP contribution in [0.2, 0.25) is 5.02 Å². The zero-order valence-electron chi connectivity index (χ0n) is 13.2. The van der Waals surface area contributed by atoms with E-state index in [1.807, 2.05) is 24.3 Å². The van der Waals surface area contributed by atoms with Crippen LogP contribution in [-0.2, 0) is 13.1 Å². The average Bonchev–Trinajstić information content (AvgIpc) is 3.30. The Balaban J connectivity index is 1.47. The number of aliphatic hydroxyl groups excluding tert-OH is 1. The predicted octanol–water partition coefficient (Wildman–Crippen LogP) is 4.08. The average molecular weight is 377 g/mol. The highest BCUT2D eigenvalue weighted by Gasteiger charge is 2.15. The number of thiophene rings is 1. The van der Waals surface area contributed by atoms with Gasteiger partial charge in [0.1, 0.15) is 11.9 Å². The Bertz CT molecular complexity index is 815. The summed E-state index contributed by atoms with van der Waals surface area (Å²) in [5.74, 6) is 0.502. The van der Waals surface area contributed by atoms with Gasteiger partial charge in [-0.3, -0.25) is 0 Å². The molecule has 0 aliphatic heterocycles. The van der Waals surface area contributed by atoms with Crippen molar-refractivity contribution < 1.29 is 14.3 Å². The summed E-state index contributed by atoms with van der Waals surface area (Å²) in [5.41, 5.74) is 0.972. The highest BCUT2D eigenvalue weighted by molar-refractivity contribution is 7.12. The molecule has 2 amide bonds. The first-order valence-electron chi connectivity index (χ1n) is 7.68. The topological polar surface area (TPSA) is 74.5 Å². The summed E-state index contributed by atoms with van der Waals surface area (Å²) in [6.07, 6.45) is 0.743. The maximum absolute atomic E-state index is 11.9. The summed E-state index contributed by atoms with van der Waals surface area (Å²) < 4.78 is 5.21. The molecule has 2 heterocycles. The molecule has 0 fully saturated rings. The number of aliphatic hydroxyl groups is 1. The zero-order valence-corrected chi connectivity index (χ0v) is 14.8. The van der Waals surface area contributed by atoms with Crippen molar-refractivity contribution in [1.29, 1.82) is 0 Å². The van der Waals surface area contributed by atoms with E-state index in [4.69, 9.17) is 16.0 Å². The molecule has 7 heteroatoms. The molecule has 0 saturated heterocycles. The molecule has 1 atom stereocenters. The lowest BCUT2D eigenvalue weighted by molar-refractivity contribution is 0.193. The third-order valence-electron chi connectivity index (χ3n) is 3.55. The van der Waals surface area contributed by atoms with E-state index in [1.54, 1.807) is 24.3 Å². The minimum absolute atomic E-state index is 0.253. The van der Waals surface area contributed by atoms with Crippen molar-refractivity contribution in [1.82, 2.24) is 10.6 Å². The maximum atomic E-state index is 11.9. The van der Waals surface area contributed by atoms with Gasteiger partial charge in [0, 0.05) is 21.3 Å². The minimum Gasteiger partial charge on any atom is -0.466 e. The van der Waals surface area contributed by atoms with Crippen LogP contribution in [0.5, 0.6) is 0 Å². The number of benzene rings is 1. The van der Waals surface area contributed by atoms with Crippen molar-refractivity contribution in [3.05, 3.63) is 80.9 Å². The SMILES string of the molecule is O=C(NCc1ccc(Cl)cc1)NCc1ccc(C(O)c2ccco2)s1. The second-order valence-corrected chi connectivity index (χ2v) is 7.02. The van der Waals surface area contributed by atoms with Gasteiger partial charge in [-0.15, -0.1) is 11.3 Å². The fourth-order valence-electron chi connectivity index (χ4n) is 2.24. The van der Waals surface area contributed by atoms with Gasteiger partial charge in [-0.2, -0.15) is 0 Å². The first-order valence-corrected chi connectivity index (χ1v) is 8.87. The molecule has 0 aliphatic rings. The summed E-state index contributed by atoms with van der Waals surface area (Å²) in [7, 11) is 0. The molecule has 130 valence electrons. The maximum Gasteiger partial charge on any atom is 0.315 e. The number of hydrogen-bond donors (Lipinski definition) is 3. The molecule has 0 radical (unpaired) electrons. The number of carbonyl (C=O) groups is 1. The summed E-state index contributed by atoms with van der Waals surface area (Å²) in [6.45, 7) is 0.817. The molecule has 0 bridgehead atoms. The van der Waals surface area contributed by atoms with Crippen LogP contribution in [0.3, 0.4) is 0 Å². The first kappa shape index (κ1) is 17.5. The Kier molecular flexibility index (Phi) is 5.75. The molecular weight excluding hydrogens is 360 g/mol. The Hall–Kier alpha value is -2.28. The third kappa shape index (κ3) is 4.85. The van der Waals surface area contributed by atoms with E-state index < -0.39 is 6.10 Å². The summed E-state index contributed by atoms with van der Waals surface area (Å²) in [5, 5.41) is 16.5. The van der Waals surface area contributed by atoms with Crippen molar-refractivity contribution in [2.24, 2.45) is 0 Å². The minimum atomic E-state index is -0.785. The van der Waals surface area contributed by atoms with Crippen molar-refractivity contribution in [2.45, 2.75) is 19.2 Å². The first-order chi connectivity index (χ1) is 12.1. The number of halogens is 1. The van der Waals surface area contributed by atoms with Crippen LogP contribution in [0.4, 0.5) is 4.79 Å². The van der Waals surface area contributed by atoms with E-state index in [-0.39, 0.29) is 6.03 Å². The van der Waals surface area contributed by atoms with E-state index in [1.165, 1.54) is 17.6 Å². The van der Waals surface area contributed by atoms with Gasteiger partial charge in [0.15, 0.2) is 0 Å². The molecule has 0 saturated carbocycles. The normalized spacial score (nSPS) is 11.9. The van der Waals surface area contributed by atoms with Gasteiger partial charge in [0.05, 0.1) is 12.8 Å². The van der Waals surface area contributed by atoms with Crippen molar-refractivity contribution >= 4 is 29.0 Å². The molecular formula is C18H17ClN2O3S. The molecule has 1 unspecified atom stereocenters. The van der Waals surface area contributed by atoms with Gasteiger partial charge in [-0.1, -0.05) is 23.7 Å². The van der Waals surface area contributed by atoms with E-state index in [2.05, 4.69) is 10.6 Å². The Morgan fingerprint density at radius 1 is 1.12 bits per heavy atom. The molecule has 3 rings (SSSR count). The van der Waals surface area contributed by atoms with Gasteiger partial charge in [0.25, 0.3) is 0 Å². The molecule has 5 nitrogen and oxygen atoms in total. The number of amides is 2. The summed E-state index contributed by atoms with van der Waals surface area (Å²) in [4.78, 5) is 13.6. The Morgan fingerprint density at radius 3 is 2.60 bits per heavy atom. The van der Waals surface area contributed by atoms with Crippen LogP contribution in [0.25, 0.3) is 0 Å². The summed E-state index contributed by atoms with van der Waals surface area (Å²) >= 11 is 7.26. The zero-order chi connectivity index (χ0) is 17.6. The van der Waals surface area contributed by atoms with Gasteiger partial charge < -0.3 is 20.2 Å². The molecule has 1 aromatic carbocycles. The van der Waals surface area contributed by atoms with Crippen LogP contribution in [0.15, 0.2) is 59.2 Å². The molecule has 3 N–H and O–H groups in total.